The molecule has 0 bridgehead atoms. The molecule has 2 aliphatic rings. The number of carbonyl (C=O) groups excluding carboxylic acids is 2. The first-order valence-corrected chi connectivity index (χ1v) is 8.97. The molecule has 1 fully saturated rings. The summed E-state index contributed by atoms with van der Waals surface area (Å²) in [7, 11) is 1.54. The van der Waals surface area contributed by atoms with Crippen LogP contribution in [0.5, 0.6) is 0 Å². The minimum atomic E-state index is -0.243. The van der Waals surface area contributed by atoms with E-state index < -0.39 is 0 Å². The fraction of sp³-hybridized carbons (Fsp3) is 0.300. The van der Waals surface area contributed by atoms with E-state index in [0.29, 0.717) is 43.4 Å². The average Bonchev–Trinajstić information content (AvgIpc) is 2.93. The number of carbonyl (C=O) groups is 2. The second-order valence-corrected chi connectivity index (χ2v) is 6.78. The van der Waals surface area contributed by atoms with Gasteiger partial charge in [-0.3, -0.25) is 14.5 Å². The van der Waals surface area contributed by atoms with Crippen molar-refractivity contribution >= 4 is 23.3 Å². The van der Waals surface area contributed by atoms with Gasteiger partial charge < -0.3 is 9.80 Å². The summed E-state index contributed by atoms with van der Waals surface area (Å²) >= 11 is 0. The van der Waals surface area contributed by atoms with Gasteiger partial charge in [-0.25, -0.2) is 9.97 Å². The predicted octanol–water partition coefficient (Wildman–Crippen LogP) is 1.32. The molecule has 2 amide bonds. The largest absolute Gasteiger partial charge is 0.363 e. The highest BCUT2D eigenvalue weighted by molar-refractivity contribution is 6.35. The summed E-state index contributed by atoms with van der Waals surface area (Å²) in [5.74, 6) is 0.212. The highest BCUT2D eigenvalue weighted by Gasteiger charge is 2.40. The molecule has 1 saturated heterocycles. The van der Waals surface area contributed by atoms with Crippen molar-refractivity contribution in [3.05, 3.63) is 59.5 Å². The smallest absolute Gasteiger partial charge is 0.277 e. The van der Waals surface area contributed by atoms with Gasteiger partial charge >= 0.3 is 0 Å². The van der Waals surface area contributed by atoms with Gasteiger partial charge in [-0.05, 0) is 18.6 Å². The number of hydrogen-bond donors (Lipinski definition) is 0. The summed E-state index contributed by atoms with van der Waals surface area (Å²) in [6.45, 7) is 4.66. The SMILES string of the molecule is Cc1ccc(C2=C(N3CCN(c4ncccn4)CC3)C(=O)N(C)C2=O)cc1. The second-order valence-electron chi connectivity index (χ2n) is 6.78. The van der Waals surface area contributed by atoms with E-state index in [1.54, 1.807) is 25.5 Å². The topological polar surface area (TPSA) is 69.6 Å². The van der Waals surface area contributed by atoms with Gasteiger partial charge in [0, 0.05) is 45.6 Å². The van der Waals surface area contributed by atoms with Crippen LogP contribution in [0.2, 0.25) is 0 Å². The lowest BCUT2D eigenvalue weighted by molar-refractivity contribution is -0.135. The molecule has 7 heteroatoms. The molecular formula is C20H21N5O2. The Kier molecular flexibility index (Phi) is 4.35. The molecule has 0 aliphatic carbocycles. The van der Waals surface area contributed by atoms with Gasteiger partial charge in [0.05, 0.1) is 5.57 Å². The standard InChI is InChI=1S/C20H21N5O2/c1-14-4-6-15(7-5-14)16-17(19(27)23(2)18(16)26)24-10-12-25(13-11-24)20-21-8-3-9-22-20/h3-9H,10-13H2,1-2H3. The molecule has 0 saturated carbocycles. The third kappa shape index (κ3) is 3.05. The lowest BCUT2D eigenvalue weighted by Crippen LogP contribution is -2.48. The summed E-state index contributed by atoms with van der Waals surface area (Å²) in [5, 5.41) is 0. The second kappa shape index (κ2) is 6.83. The average molecular weight is 363 g/mol. The van der Waals surface area contributed by atoms with Crippen LogP contribution in [0.4, 0.5) is 5.95 Å². The van der Waals surface area contributed by atoms with E-state index in [-0.39, 0.29) is 11.8 Å². The molecule has 27 heavy (non-hydrogen) atoms. The molecule has 0 unspecified atom stereocenters. The van der Waals surface area contributed by atoms with Gasteiger partial charge in [0.15, 0.2) is 0 Å². The van der Waals surface area contributed by atoms with Gasteiger partial charge in [-0.1, -0.05) is 29.8 Å². The number of aromatic nitrogens is 2. The van der Waals surface area contributed by atoms with E-state index in [2.05, 4.69) is 14.9 Å². The van der Waals surface area contributed by atoms with Crippen molar-refractivity contribution in [2.45, 2.75) is 6.92 Å². The van der Waals surface area contributed by atoms with Crippen LogP contribution in [0.25, 0.3) is 5.57 Å². The van der Waals surface area contributed by atoms with Crippen molar-refractivity contribution in [3.63, 3.8) is 0 Å². The number of anilines is 1. The lowest BCUT2D eigenvalue weighted by atomic mass is 10.0. The van der Waals surface area contributed by atoms with E-state index in [9.17, 15) is 9.59 Å². The maximum absolute atomic E-state index is 12.8. The van der Waals surface area contributed by atoms with Crippen molar-refractivity contribution in [2.75, 3.05) is 38.1 Å². The maximum atomic E-state index is 12.8. The molecule has 1 aromatic heterocycles. The minimum absolute atomic E-state index is 0.236. The molecule has 2 aromatic rings. The van der Waals surface area contributed by atoms with E-state index in [0.717, 1.165) is 11.1 Å². The summed E-state index contributed by atoms with van der Waals surface area (Å²) in [4.78, 5) is 39.4. The highest BCUT2D eigenvalue weighted by atomic mass is 16.2. The number of nitrogens with zero attached hydrogens (tertiary/aromatic N) is 5. The number of imide groups is 1. The first kappa shape index (κ1) is 17.2. The fourth-order valence-corrected chi connectivity index (χ4v) is 3.49. The molecule has 1 aromatic carbocycles. The molecule has 2 aliphatic heterocycles. The normalized spacial score (nSPS) is 17.9. The minimum Gasteiger partial charge on any atom is -0.363 e. The van der Waals surface area contributed by atoms with Crippen molar-refractivity contribution in [3.8, 4) is 0 Å². The molecule has 3 heterocycles. The fourth-order valence-electron chi connectivity index (χ4n) is 3.49. The Balaban J connectivity index is 1.63. The third-order valence-electron chi connectivity index (χ3n) is 5.03. The monoisotopic (exact) mass is 363 g/mol. The number of likely N-dealkylation sites (N-methyl/N-ethyl adjacent to an activating group) is 1. The highest BCUT2D eigenvalue weighted by Crippen LogP contribution is 2.31. The van der Waals surface area contributed by atoms with Crippen LogP contribution < -0.4 is 4.90 Å². The van der Waals surface area contributed by atoms with E-state index >= 15 is 0 Å². The van der Waals surface area contributed by atoms with Crippen LogP contribution in [-0.2, 0) is 9.59 Å². The molecule has 138 valence electrons. The van der Waals surface area contributed by atoms with Crippen LogP contribution in [0.1, 0.15) is 11.1 Å². The zero-order valence-electron chi connectivity index (χ0n) is 15.4. The third-order valence-corrected chi connectivity index (χ3v) is 5.03. The number of aryl methyl sites for hydroxylation is 1. The van der Waals surface area contributed by atoms with Gasteiger partial charge in [-0.2, -0.15) is 0 Å². The number of amides is 2. The Morgan fingerprint density at radius 2 is 1.44 bits per heavy atom. The van der Waals surface area contributed by atoms with Crippen molar-refractivity contribution in [1.82, 2.24) is 19.8 Å². The van der Waals surface area contributed by atoms with Crippen molar-refractivity contribution < 1.29 is 9.59 Å². The van der Waals surface area contributed by atoms with Gasteiger partial charge in [0.2, 0.25) is 5.95 Å². The van der Waals surface area contributed by atoms with Crippen LogP contribution in [0, 0.1) is 6.92 Å². The van der Waals surface area contributed by atoms with Gasteiger partial charge in [-0.15, -0.1) is 0 Å². The Morgan fingerprint density at radius 3 is 2.07 bits per heavy atom. The molecule has 7 nitrogen and oxygen atoms in total. The molecule has 0 spiro atoms. The lowest BCUT2D eigenvalue weighted by Gasteiger charge is -2.36. The van der Waals surface area contributed by atoms with Crippen LogP contribution in [0.3, 0.4) is 0 Å². The van der Waals surface area contributed by atoms with Crippen LogP contribution >= 0.6 is 0 Å². The van der Waals surface area contributed by atoms with Gasteiger partial charge in [0.1, 0.15) is 5.70 Å². The first-order valence-electron chi connectivity index (χ1n) is 8.97. The Hall–Kier alpha value is -3.22. The number of benzene rings is 1. The molecule has 0 atom stereocenters. The van der Waals surface area contributed by atoms with Crippen LogP contribution in [0.15, 0.2) is 48.4 Å². The zero-order valence-corrected chi connectivity index (χ0v) is 15.4. The van der Waals surface area contributed by atoms with E-state index in [1.165, 1.54) is 4.90 Å². The molecule has 4 rings (SSSR count). The van der Waals surface area contributed by atoms with Gasteiger partial charge in [0.25, 0.3) is 11.8 Å². The zero-order chi connectivity index (χ0) is 19.0. The Bertz CT molecular complexity index is 900. The maximum Gasteiger partial charge on any atom is 0.277 e. The summed E-state index contributed by atoms with van der Waals surface area (Å²) in [6, 6.07) is 9.52. The van der Waals surface area contributed by atoms with E-state index in [4.69, 9.17) is 0 Å². The first-order chi connectivity index (χ1) is 13.1. The van der Waals surface area contributed by atoms with Crippen LogP contribution in [-0.4, -0.2) is 64.8 Å². The summed E-state index contributed by atoms with van der Waals surface area (Å²) < 4.78 is 0. The molecule has 0 radical (unpaired) electrons. The molecule has 0 N–H and O–H groups in total. The number of rotatable bonds is 3. The Labute approximate surface area is 157 Å². The molecular weight excluding hydrogens is 342 g/mol. The number of hydrogen-bond acceptors (Lipinski definition) is 6. The summed E-state index contributed by atoms with van der Waals surface area (Å²) in [5.41, 5.74) is 2.89. The predicted molar refractivity (Wildman–Crippen MR) is 102 cm³/mol. The number of piperazine rings is 1. The quantitative estimate of drug-likeness (QED) is 0.766. The van der Waals surface area contributed by atoms with Crippen molar-refractivity contribution in [1.29, 1.82) is 0 Å². The van der Waals surface area contributed by atoms with Crippen molar-refractivity contribution in [2.24, 2.45) is 0 Å². The Morgan fingerprint density at radius 1 is 0.852 bits per heavy atom. The van der Waals surface area contributed by atoms with E-state index in [1.807, 2.05) is 36.1 Å². The summed E-state index contributed by atoms with van der Waals surface area (Å²) in [6.07, 6.45) is 3.45.